The second kappa shape index (κ2) is 3.52. The molecule has 0 bridgehead atoms. The van der Waals surface area contributed by atoms with Crippen LogP contribution < -0.4 is 5.73 Å². The van der Waals surface area contributed by atoms with Crippen molar-refractivity contribution in [3.63, 3.8) is 0 Å². The molecule has 0 radical (unpaired) electrons. The van der Waals surface area contributed by atoms with E-state index in [1.807, 2.05) is 36.4 Å². The monoisotopic (exact) mass is 200 g/mol. The zero-order valence-electron chi connectivity index (χ0n) is 7.40. The lowest BCUT2D eigenvalue weighted by atomic mass is 10.2. The van der Waals surface area contributed by atoms with Crippen LogP contribution in [0.3, 0.4) is 0 Å². The van der Waals surface area contributed by atoms with Crippen LogP contribution in [0.15, 0.2) is 36.4 Å². The molecule has 0 saturated carbocycles. The second-order valence-corrected chi connectivity index (χ2v) is 3.98. The average Bonchev–Trinajstić information content (AvgIpc) is 2.66. The van der Waals surface area contributed by atoms with Crippen LogP contribution in [0.4, 0.5) is 5.69 Å². The van der Waals surface area contributed by atoms with Crippen molar-refractivity contribution < 1.29 is 0 Å². The third-order valence-electron chi connectivity index (χ3n) is 1.89. The third-order valence-corrected chi connectivity index (χ3v) is 2.93. The van der Waals surface area contributed by atoms with E-state index in [1.165, 1.54) is 11.3 Å². The summed E-state index contributed by atoms with van der Waals surface area (Å²) in [7, 11) is 0. The highest BCUT2D eigenvalue weighted by Crippen LogP contribution is 2.28. The summed E-state index contributed by atoms with van der Waals surface area (Å²) in [5.74, 6) is 0. The van der Waals surface area contributed by atoms with E-state index in [9.17, 15) is 0 Å². The Balaban J connectivity index is 2.45. The van der Waals surface area contributed by atoms with Crippen molar-refractivity contribution in [3.05, 3.63) is 41.3 Å². The highest BCUT2D eigenvalue weighted by Gasteiger charge is 2.01. The third kappa shape index (κ3) is 1.61. The Morgan fingerprint density at radius 3 is 2.71 bits per heavy atom. The molecule has 0 fully saturated rings. The summed E-state index contributed by atoms with van der Waals surface area (Å²) < 4.78 is 0. The smallest absolute Gasteiger partial charge is 0.110 e. The molecule has 2 rings (SSSR count). The van der Waals surface area contributed by atoms with Crippen LogP contribution in [0.25, 0.3) is 10.4 Å². The maximum atomic E-state index is 8.69. The van der Waals surface area contributed by atoms with Crippen LogP contribution in [-0.2, 0) is 0 Å². The first kappa shape index (κ1) is 8.79. The molecule has 0 spiro atoms. The summed E-state index contributed by atoms with van der Waals surface area (Å²) in [5, 5.41) is 8.69. The summed E-state index contributed by atoms with van der Waals surface area (Å²) in [5.41, 5.74) is 7.49. The van der Waals surface area contributed by atoms with E-state index < -0.39 is 0 Å². The molecule has 2 nitrogen and oxygen atoms in total. The molecule has 1 aromatic carbocycles. The van der Waals surface area contributed by atoms with Crippen molar-refractivity contribution in [1.29, 1.82) is 5.26 Å². The van der Waals surface area contributed by atoms with Crippen molar-refractivity contribution in [2.45, 2.75) is 0 Å². The largest absolute Gasteiger partial charge is 0.399 e. The fraction of sp³-hybridized carbons (Fsp3) is 0. The number of benzene rings is 1. The maximum Gasteiger partial charge on any atom is 0.110 e. The lowest BCUT2D eigenvalue weighted by Gasteiger charge is -1.97. The van der Waals surface area contributed by atoms with Crippen LogP contribution in [0.5, 0.6) is 0 Å². The van der Waals surface area contributed by atoms with Gasteiger partial charge in [-0.25, -0.2) is 0 Å². The topological polar surface area (TPSA) is 49.8 Å². The van der Waals surface area contributed by atoms with Gasteiger partial charge in [0.1, 0.15) is 10.9 Å². The van der Waals surface area contributed by atoms with E-state index in [-0.39, 0.29) is 0 Å². The zero-order valence-corrected chi connectivity index (χ0v) is 8.21. The van der Waals surface area contributed by atoms with E-state index in [2.05, 4.69) is 6.07 Å². The predicted molar refractivity (Wildman–Crippen MR) is 58.9 cm³/mol. The SMILES string of the molecule is N#Cc1ccc(-c2cccc(N)c2)s1. The molecular formula is C11H8N2S. The van der Waals surface area contributed by atoms with E-state index in [4.69, 9.17) is 11.0 Å². The number of hydrogen-bond acceptors (Lipinski definition) is 3. The first-order chi connectivity index (χ1) is 6.79. The molecule has 0 amide bonds. The maximum absolute atomic E-state index is 8.69. The van der Waals surface area contributed by atoms with Gasteiger partial charge in [-0.3, -0.25) is 0 Å². The van der Waals surface area contributed by atoms with Gasteiger partial charge in [-0.2, -0.15) is 5.26 Å². The van der Waals surface area contributed by atoms with Crippen molar-refractivity contribution in [2.24, 2.45) is 0 Å². The van der Waals surface area contributed by atoms with Gasteiger partial charge >= 0.3 is 0 Å². The first-order valence-electron chi connectivity index (χ1n) is 4.15. The number of anilines is 1. The fourth-order valence-electron chi connectivity index (χ4n) is 1.25. The van der Waals surface area contributed by atoms with Gasteiger partial charge in [0.2, 0.25) is 0 Å². The van der Waals surface area contributed by atoms with Crippen LogP contribution >= 0.6 is 11.3 Å². The van der Waals surface area contributed by atoms with Gasteiger partial charge in [0.05, 0.1) is 0 Å². The van der Waals surface area contributed by atoms with Crippen LogP contribution in [0.1, 0.15) is 4.88 Å². The van der Waals surface area contributed by atoms with Gasteiger partial charge < -0.3 is 5.73 Å². The normalized spacial score (nSPS) is 9.64. The zero-order chi connectivity index (χ0) is 9.97. The lowest BCUT2D eigenvalue weighted by Crippen LogP contribution is -1.83. The highest BCUT2D eigenvalue weighted by atomic mass is 32.1. The molecule has 0 saturated heterocycles. The van der Waals surface area contributed by atoms with Crippen LogP contribution in [0.2, 0.25) is 0 Å². The number of thiophene rings is 1. The predicted octanol–water partition coefficient (Wildman–Crippen LogP) is 2.87. The molecule has 68 valence electrons. The molecule has 0 atom stereocenters. The number of hydrogen-bond donors (Lipinski definition) is 1. The molecule has 0 aliphatic heterocycles. The molecule has 2 aromatic rings. The molecule has 1 aromatic heterocycles. The van der Waals surface area contributed by atoms with Gasteiger partial charge in [-0.15, -0.1) is 11.3 Å². The Hall–Kier alpha value is -1.79. The lowest BCUT2D eigenvalue weighted by molar-refractivity contribution is 1.52. The van der Waals surface area contributed by atoms with Gasteiger partial charge in [-0.1, -0.05) is 12.1 Å². The molecule has 0 aliphatic carbocycles. The van der Waals surface area contributed by atoms with Crippen molar-refractivity contribution in [3.8, 4) is 16.5 Å². The van der Waals surface area contributed by atoms with Gasteiger partial charge in [0.15, 0.2) is 0 Å². The standard InChI is InChI=1S/C11H8N2S/c12-7-10-4-5-11(14-10)8-2-1-3-9(13)6-8/h1-6H,13H2. The number of nitrogens with zero attached hydrogens (tertiary/aromatic N) is 1. The van der Waals surface area contributed by atoms with E-state index in [0.717, 1.165) is 21.0 Å². The molecule has 1 heterocycles. The van der Waals surface area contributed by atoms with Crippen molar-refractivity contribution >= 4 is 17.0 Å². The number of nitrogens with two attached hydrogens (primary N) is 1. The van der Waals surface area contributed by atoms with E-state index in [1.54, 1.807) is 0 Å². The Morgan fingerprint density at radius 1 is 1.21 bits per heavy atom. The average molecular weight is 200 g/mol. The Kier molecular flexibility index (Phi) is 2.21. The number of nitriles is 1. The van der Waals surface area contributed by atoms with E-state index >= 15 is 0 Å². The molecule has 0 aliphatic rings. The van der Waals surface area contributed by atoms with Gasteiger partial charge in [0.25, 0.3) is 0 Å². The summed E-state index contributed by atoms with van der Waals surface area (Å²) in [6.07, 6.45) is 0. The summed E-state index contributed by atoms with van der Waals surface area (Å²) in [4.78, 5) is 1.80. The summed E-state index contributed by atoms with van der Waals surface area (Å²) >= 11 is 1.48. The minimum absolute atomic E-state index is 0.724. The molecule has 0 unspecified atom stereocenters. The van der Waals surface area contributed by atoms with Gasteiger partial charge in [0, 0.05) is 10.6 Å². The van der Waals surface area contributed by atoms with E-state index in [0.29, 0.717) is 0 Å². The molecule has 2 N–H and O–H groups in total. The summed E-state index contributed by atoms with van der Waals surface area (Å²) in [6.45, 7) is 0. The van der Waals surface area contributed by atoms with Crippen molar-refractivity contribution in [2.75, 3.05) is 5.73 Å². The van der Waals surface area contributed by atoms with Crippen LogP contribution in [-0.4, -0.2) is 0 Å². The second-order valence-electron chi connectivity index (χ2n) is 2.90. The van der Waals surface area contributed by atoms with Gasteiger partial charge in [-0.05, 0) is 29.8 Å². The van der Waals surface area contributed by atoms with Crippen molar-refractivity contribution in [1.82, 2.24) is 0 Å². The Labute approximate surface area is 86.2 Å². The minimum Gasteiger partial charge on any atom is -0.399 e. The molecular weight excluding hydrogens is 192 g/mol. The first-order valence-corrected chi connectivity index (χ1v) is 4.97. The Morgan fingerprint density at radius 2 is 2.07 bits per heavy atom. The molecule has 3 heteroatoms. The number of rotatable bonds is 1. The fourth-order valence-corrected chi connectivity index (χ4v) is 2.04. The quantitative estimate of drug-likeness (QED) is 0.719. The summed E-state index contributed by atoms with van der Waals surface area (Å²) in [6, 6.07) is 13.5. The number of nitrogen functional groups attached to an aromatic ring is 1. The molecule has 14 heavy (non-hydrogen) atoms. The highest BCUT2D eigenvalue weighted by molar-refractivity contribution is 7.16. The minimum atomic E-state index is 0.724. The van der Waals surface area contributed by atoms with Crippen LogP contribution in [0, 0.1) is 11.3 Å². The Bertz CT molecular complexity index is 494.